The molecule has 0 aromatic carbocycles. The summed E-state index contributed by atoms with van der Waals surface area (Å²) in [6, 6.07) is -0.625. The van der Waals surface area contributed by atoms with E-state index < -0.39 is 12.1 Å². The highest BCUT2D eigenvalue weighted by Crippen LogP contribution is 2.19. The van der Waals surface area contributed by atoms with Crippen LogP contribution in [-0.4, -0.2) is 47.4 Å². The first-order valence-corrected chi connectivity index (χ1v) is 39.4. The Morgan fingerprint density at radius 1 is 0.322 bits per heavy atom. The van der Waals surface area contributed by atoms with Gasteiger partial charge >= 0.3 is 5.97 Å². The van der Waals surface area contributed by atoms with Crippen LogP contribution in [0.1, 0.15) is 431 Å². The average molecular weight is 1220 g/mol. The van der Waals surface area contributed by atoms with Gasteiger partial charge < -0.3 is 20.3 Å². The minimum atomic E-state index is -0.842. The maximum absolute atomic E-state index is 12.5. The van der Waals surface area contributed by atoms with Crippen molar-refractivity contribution in [2.24, 2.45) is 0 Å². The summed E-state index contributed by atoms with van der Waals surface area (Å²) in [4.78, 5) is 24.6. The molecule has 0 aliphatic rings. The minimum absolute atomic E-state index is 0.0143. The molecule has 0 aromatic heterocycles. The van der Waals surface area contributed by atoms with Crippen LogP contribution in [-0.2, 0) is 14.3 Å². The summed E-state index contributed by atoms with van der Waals surface area (Å²) in [6.45, 7) is 4.92. The molecule has 0 rings (SSSR count). The van der Waals surface area contributed by atoms with Crippen molar-refractivity contribution >= 4 is 11.9 Å². The number of hydrogen-bond donors (Lipinski definition) is 3. The molecule has 1 amide bonds. The molecule has 0 radical (unpaired) electrons. The van der Waals surface area contributed by atoms with Gasteiger partial charge in [0.1, 0.15) is 0 Å². The van der Waals surface area contributed by atoms with Gasteiger partial charge in [-0.3, -0.25) is 9.59 Å². The van der Waals surface area contributed by atoms with Crippen molar-refractivity contribution in [3.05, 3.63) is 48.6 Å². The molecule has 0 fully saturated rings. The van der Waals surface area contributed by atoms with Crippen molar-refractivity contribution in [3.63, 3.8) is 0 Å². The fraction of sp³-hybridized carbons (Fsp3) is 0.877. The van der Waals surface area contributed by atoms with E-state index in [1.165, 1.54) is 353 Å². The van der Waals surface area contributed by atoms with Crippen molar-refractivity contribution in [3.8, 4) is 0 Å². The normalized spacial score (nSPS) is 12.7. The second-order valence-electron chi connectivity index (χ2n) is 27.0. The van der Waals surface area contributed by atoms with Crippen molar-refractivity contribution in [1.82, 2.24) is 5.32 Å². The Morgan fingerprint density at radius 3 is 0.897 bits per heavy atom. The summed E-state index contributed by atoms with van der Waals surface area (Å²) in [5.74, 6) is -0.0473. The SMILES string of the molecule is CCCCCC/C=C\C/C=C\CCCCCCCCCC(=O)OCCCCCCCCCCCCCCCCCC/C=C\CCCCCCCCCCCCCCCCCCCC(=O)NC(CO)C(O)/C=C/CCCCCCCCCCCCCCC. The van der Waals surface area contributed by atoms with E-state index in [1.54, 1.807) is 6.08 Å². The third-order valence-electron chi connectivity index (χ3n) is 18.3. The van der Waals surface area contributed by atoms with Crippen LogP contribution in [0.2, 0.25) is 0 Å². The van der Waals surface area contributed by atoms with Gasteiger partial charge in [-0.15, -0.1) is 0 Å². The summed E-state index contributed by atoms with van der Waals surface area (Å²) >= 11 is 0. The predicted octanol–water partition coefficient (Wildman–Crippen LogP) is 26.0. The summed E-state index contributed by atoms with van der Waals surface area (Å²) < 4.78 is 5.51. The molecule has 6 heteroatoms. The number of amides is 1. The first-order chi connectivity index (χ1) is 43.0. The summed E-state index contributed by atoms with van der Waals surface area (Å²) in [6.07, 6.45) is 101. The number of rotatable bonds is 74. The Labute approximate surface area is 544 Å². The van der Waals surface area contributed by atoms with Gasteiger partial charge in [0.15, 0.2) is 0 Å². The lowest BCUT2D eigenvalue weighted by molar-refractivity contribution is -0.143. The molecule has 6 nitrogen and oxygen atoms in total. The van der Waals surface area contributed by atoms with Crippen LogP contribution in [0.15, 0.2) is 48.6 Å². The van der Waals surface area contributed by atoms with Gasteiger partial charge in [-0.2, -0.15) is 0 Å². The van der Waals surface area contributed by atoms with Crippen molar-refractivity contribution in [2.75, 3.05) is 13.2 Å². The lowest BCUT2D eigenvalue weighted by Gasteiger charge is -2.20. The van der Waals surface area contributed by atoms with Crippen LogP contribution in [0.3, 0.4) is 0 Å². The van der Waals surface area contributed by atoms with E-state index in [2.05, 4.69) is 55.6 Å². The number of aliphatic hydroxyl groups excluding tert-OH is 2. The molecule has 512 valence electrons. The molecule has 0 aliphatic heterocycles. The molecule has 0 aliphatic carbocycles. The lowest BCUT2D eigenvalue weighted by Crippen LogP contribution is -2.45. The van der Waals surface area contributed by atoms with Gasteiger partial charge in [0, 0.05) is 12.8 Å². The van der Waals surface area contributed by atoms with Crippen LogP contribution in [0.5, 0.6) is 0 Å². The number of hydrogen-bond acceptors (Lipinski definition) is 5. The van der Waals surface area contributed by atoms with Crippen LogP contribution >= 0.6 is 0 Å². The van der Waals surface area contributed by atoms with E-state index in [1.807, 2.05) is 6.08 Å². The lowest BCUT2D eigenvalue weighted by atomic mass is 10.0. The number of ether oxygens (including phenoxy) is 1. The third-order valence-corrected chi connectivity index (χ3v) is 18.3. The molecule has 0 heterocycles. The van der Waals surface area contributed by atoms with Crippen molar-refractivity contribution in [2.45, 2.75) is 443 Å². The van der Waals surface area contributed by atoms with Crippen LogP contribution in [0, 0.1) is 0 Å². The average Bonchev–Trinajstić information content (AvgIpc) is 3.56. The van der Waals surface area contributed by atoms with Crippen molar-refractivity contribution in [1.29, 1.82) is 0 Å². The number of nitrogens with one attached hydrogen (secondary N) is 1. The highest BCUT2D eigenvalue weighted by molar-refractivity contribution is 5.76. The molecule has 0 bridgehead atoms. The Morgan fingerprint density at radius 2 is 0.575 bits per heavy atom. The smallest absolute Gasteiger partial charge is 0.305 e. The second-order valence-corrected chi connectivity index (χ2v) is 27.0. The number of aliphatic hydroxyl groups is 2. The fourth-order valence-corrected chi connectivity index (χ4v) is 12.3. The molecule has 0 aromatic rings. The molecule has 0 saturated heterocycles. The highest BCUT2D eigenvalue weighted by atomic mass is 16.5. The van der Waals surface area contributed by atoms with Crippen LogP contribution < -0.4 is 5.32 Å². The second kappa shape index (κ2) is 76.3. The summed E-state index contributed by atoms with van der Waals surface area (Å²) in [7, 11) is 0. The summed E-state index contributed by atoms with van der Waals surface area (Å²) in [5.41, 5.74) is 0. The zero-order valence-electron chi connectivity index (χ0n) is 58.8. The Kier molecular flexibility index (Phi) is 74.4. The quantitative estimate of drug-likeness (QED) is 0.0320. The first-order valence-electron chi connectivity index (χ1n) is 39.4. The van der Waals surface area contributed by atoms with E-state index in [0.29, 0.717) is 19.4 Å². The number of allylic oxidation sites excluding steroid dienone is 7. The molecule has 2 atom stereocenters. The van der Waals surface area contributed by atoms with E-state index in [9.17, 15) is 19.8 Å². The van der Waals surface area contributed by atoms with Crippen molar-refractivity contribution < 1.29 is 24.5 Å². The molecule has 87 heavy (non-hydrogen) atoms. The summed E-state index contributed by atoms with van der Waals surface area (Å²) in [5, 5.41) is 23.2. The van der Waals surface area contributed by atoms with E-state index >= 15 is 0 Å². The Bertz CT molecular complexity index is 1450. The highest BCUT2D eigenvalue weighted by Gasteiger charge is 2.18. The predicted molar refractivity (Wildman–Crippen MR) is 384 cm³/mol. The van der Waals surface area contributed by atoms with Gasteiger partial charge in [0.25, 0.3) is 0 Å². The maximum atomic E-state index is 12.5. The molecule has 3 N–H and O–H groups in total. The molecular formula is C81H153NO5. The zero-order valence-corrected chi connectivity index (χ0v) is 58.8. The van der Waals surface area contributed by atoms with Gasteiger partial charge in [0.05, 0.1) is 25.4 Å². The van der Waals surface area contributed by atoms with E-state index in [4.69, 9.17) is 4.74 Å². The van der Waals surface area contributed by atoms with Gasteiger partial charge in [0.2, 0.25) is 5.91 Å². The molecule has 2 unspecified atom stereocenters. The van der Waals surface area contributed by atoms with Crippen LogP contribution in [0.4, 0.5) is 0 Å². The number of carbonyl (C=O) groups is 2. The minimum Gasteiger partial charge on any atom is -0.466 e. The topological polar surface area (TPSA) is 95.9 Å². The zero-order chi connectivity index (χ0) is 62.8. The Balaban J connectivity index is 3.34. The van der Waals surface area contributed by atoms with E-state index in [0.717, 1.165) is 51.4 Å². The Hall–Kier alpha value is -2.18. The number of esters is 1. The maximum Gasteiger partial charge on any atom is 0.305 e. The fourth-order valence-electron chi connectivity index (χ4n) is 12.3. The largest absolute Gasteiger partial charge is 0.466 e. The third kappa shape index (κ3) is 72.8. The van der Waals surface area contributed by atoms with E-state index in [-0.39, 0.29) is 18.5 Å². The molecular weight excluding hydrogens is 1070 g/mol. The van der Waals surface area contributed by atoms with Gasteiger partial charge in [-0.05, 0) is 89.9 Å². The number of unbranched alkanes of at least 4 members (excludes halogenated alkanes) is 57. The monoisotopic (exact) mass is 1220 g/mol. The first kappa shape index (κ1) is 84.8. The molecule has 0 spiro atoms. The van der Waals surface area contributed by atoms with Crippen LogP contribution in [0.25, 0.3) is 0 Å². The van der Waals surface area contributed by atoms with Gasteiger partial charge in [-0.25, -0.2) is 0 Å². The standard InChI is InChI=1S/C81H153NO5/c1-3-5-7-9-11-13-15-17-19-20-43-47-51-55-59-63-67-71-75-81(86)87-76-72-68-64-60-56-52-48-44-41-39-37-35-33-31-29-27-25-23-21-22-24-26-28-30-32-34-36-38-40-42-46-50-54-58-62-66-70-74-80(85)82-78(77-83)79(84)73-69-65-61-57-53-49-45-18-16-14-12-10-8-6-4-2/h13,15,19-21,23,69,73,78-79,83-84H,3-12,14,16-18,22,24-68,70-72,74-77H2,1-2H3,(H,82,85)/b15-13-,20-19-,23-21-,73-69+. The number of carbonyl (C=O) groups excluding carboxylic acids is 2. The van der Waals surface area contributed by atoms with Gasteiger partial charge in [-0.1, -0.05) is 377 Å². The molecule has 0 saturated carbocycles.